The van der Waals surface area contributed by atoms with Gasteiger partial charge in [-0.3, -0.25) is 10.9 Å². The molecule has 0 aliphatic heterocycles. The van der Waals surface area contributed by atoms with Crippen LogP contribution in [0, 0.1) is 0 Å². The molecule has 0 aliphatic carbocycles. The van der Waals surface area contributed by atoms with Crippen molar-refractivity contribution in [2.24, 2.45) is 0 Å². The Balaban J connectivity index is 1.83. The summed E-state index contributed by atoms with van der Waals surface area (Å²) in [7, 11) is 1.64. The van der Waals surface area contributed by atoms with Crippen LogP contribution < -0.4 is 20.9 Å². The number of anilines is 2. The molecule has 0 spiro atoms. The SMILES string of the molecule is COc1ccc(NNC(=S)Nc2ccccc2)cc1. The van der Waals surface area contributed by atoms with Gasteiger partial charge in [0.1, 0.15) is 5.75 Å². The molecule has 0 saturated carbocycles. The highest BCUT2D eigenvalue weighted by atomic mass is 32.1. The van der Waals surface area contributed by atoms with Gasteiger partial charge in [0.15, 0.2) is 5.11 Å². The summed E-state index contributed by atoms with van der Waals surface area (Å²) < 4.78 is 5.09. The van der Waals surface area contributed by atoms with E-state index in [2.05, 4.69) is 16.2 Å². The fraction of sp³-hybridized carbons (Fsp3) is 0.0714. The lowest BCUT2D eigenvalue weighted by atomic mass is 10.3. The van der Waals surface area contributed by atoms with Crippen molar-refractivity contribution >= 4 is 28.7 Å². The van der Waals surface area contributed by atoms with Crippen LogP contribution in [0.15, 0.2) is 54.6 Å². The first-order valence-corrected chi connectivity index (χ1v) is 6.21. The lowest BCUT2D eigenvalue weighted by Crippen LogP contribution is -2.33. The maximum atomic E-state index is 5.17. The number of hydrazine groups is 1. The van der Waals surface area contributed by atoms with Gasteiger partial charge in [-0.05, 0) is 48.6 Å². The predicted octanol–water partition coefficient (Wildman–Crippen LogP) is 3.01. The number of hydrogen-bond acceptors (Lipinski definition) is 3. The van der Waals surface area contributed by atoms with Crippen molar-refractivity contribution in [3.63, 3.8) is 0 Å². The van der Waals surface area contributed by atoms with E-state index in [1.807, 2.05) is 54.6 Å². The summed E-state index contributed by atoms with van der Waals surface area (Å²) in [5, 5.41) is 3.57. The predicted molar refractivity (Wildman–Crippen MR) is 82.4 cm³/mol. The van der Waals surface area contributed by atoms with Gasteiger partial charge in [-0.1, -0.05) is 18.2 Å². The first kappa shape index (κ1) is 13.2. The molecule has 4 nitrogen and oxygen atoms in total. The minimum Gasteiger partial charge on any atom is -0.497 e. The molecule has 0 saturated heterocycles. The largest absolute Gasteiger partial charge is 0.497 e. The van der Waals surface area contributed by atoms with E-state index in [4.69, 9.17) is 17.0 Å². The van der Waals surface area contributed by atoms with Gasteiger partial charge in [-0.15, -0.1) is 0 Å². The number of hydrogen-bond donors (Lipinski definition) is 3. The Morgan fingerprint density at radius 1 is 0.947 bits per heavy atom. The molecule has 0 bridgehead atoms. The van der Waals surface area contributed by atoms with Crippen molar-refractivity contribution in [1.82, 2.24) is 5.43 Å². The van der Waals surface area contributed by atoms with Crippen molar-refractivity contribution in [2.75, 3.05) is 17.9 Å². The Kier molecular flexibility index (Phi) is 4.58. The Morgan fingerprint density at radius 2 is 1.63 bits per heavy atom. The van der Waals surface area contributed by atoms with E-state index < -0.39 is 0 Å². The number of nitrogens with one attached hydrogen (secondary N) is 3. The topological polar surface area (TPSA) is 45.3 Å². The van der Waals surface area contributed by atoms with Crippen LogP contribution in [0.2, 0.25) is 0 Å². The molecule has 3 N–H and O–H groups in total. The summed E-state index contributed by atoms with van der Waals surface area (Å²) in [5.74, 6) is 0.815. The first-order chi connectivity index (χ1) is 9.28. The van der Waals surface area contributed by atoms with E-state index in [0.717, 1.165) is 17.1 Å². The molecule has 98 valence electrons. The normalized spacial score (nSPS) is 9.53. The third-order valence-corrected chi connectivity index (χ3v) is 2.65. The third-order valence-electron chi connectivity index (χ3n) is 2.44. The van der Waals surface area contributed by atoms with Crippen LogP contribution in [-0.4, -0.2) is 12.2 Å². The lowest BCUT2D eigenvalue weighted by Gasteiger charge is -2.12. The number of methoxy groups -OCH3 is 1. The van der Waals surface area contributed by atoms with Crippen molar-refractivity contribution in [3.8, 4) is 5.75 Å². The molecule has 2 rings (SSSR count). The molecule has 0 amide bonds. The molecule has 2 aromatic carbocycles. The fourth-order valence-electron chi connectivity index (χ4n) is 1.49. The monoisotopic (exact) mass is 273 g/mol. The van der Waals surface area contributed by atoms with E-state index in [1.54, 1.807) is 7.11 Å². The van der Waals surface area contributed by atoms with Gasteiger partial charge >= 0.3 is 0 Å². The van der Waals surface area contributed by atoms with Crippen molar-refractivity contribution in [3.05, 3.63) is 54.6 Å². The molecule has 5 heteroatoms. The summed E-state index contributed by atoms with van der Waals surface area (Å²) in [6.45, 7) is 0. The molecule has 0 fully saturated rings. The van der Waals surface area contributed by atoms with Gasteiger partial charge < -0.3 is 10.1 Å². The van der Waals surface area contributed by atoms with Gasteiger partial charge in [0.05, 0.1) is 12.8 Å². The first-order valence-electron chi connectivity index (χ1n) is 5.80. The second kappa shape index (κ2) is 6.61. The van der Waals surface area contributed by atoms with Crippen molar-refractivity contribution in [1.29, 1.82) is 0 Å². The van der Waals surface area contributed by atoms with E-state index in [-0.39, 0.29) is 0 Å². The standard InChI is InChI=1S/C14H15N3OS/c1-18-13-9-7-12(8-10-13)16-17-14(19)15-11-5-3-2-4-6-11/h2-10,16H,1H3,(H2,15,17,19). The quantitative estimate of drug-likeness (QED) is 0.590. The van der Waals surface area contributed by atoms with Crippen LogP contribution in [0.5, 0.6) is 5.75 Å². The molecule has 0 atom stereocenters. The number of thiocarbonyl (C=S) groups is 1. The zero-order chi connectivity index (χ0) is 13.5. The minimum atomic E-state index is 0.502. The zero-order valence-corrected chi connectivity index (χ0v) is 11.3. The van der Waals surface area contributed by atoms with Crippen LogP contribution >= 0.6 is 12.2 Å². The maximum absolute atomic E-state index is 5.17. The summed E-state index contributed by atoms with van der Waals surface area (Å²) >= 11 is 5.17. The number of rotatable bonds is 4. The van der Waals surface area contributed by atoms with Crippen LogP contribution in [-0.2, 0) is 0 Å². The van der Waals surface area contributed by atoms with E-state index in [0.29, 0.717) is 5.11 Å². The highest BCUT2D eigenvalue weighted by molar-refractivity contribution is 7.80. The van der Waals surface area contributed by atoms with Gasteiger partial charge in [-0.25, -0.2) is 0 Å². The van der Waals surface area contributed by atoms with Crippen molar-refractivity contribution in [2.45, 2.75) is 0 Å². The average Bonchev–Trinajstić information content (AvgIpc) is 2.47. The fourth-order valence-corrected chi connectivity index (χ4v) is 1.66. The van der Waals surface area contributed by atoms with Crippen molar-refractivity contribution < 1.29 is 4.74 Å². The van der Waals surface area contributed by atoms with Gasteiger partial charge in [-0.2, -0.15) is 0 Å². The van der Waals surface area contributed by atoms with Gasteiger partial charge in [0.2, 0.25) is 0 Å². The zero-order valence-electron chi connectivity index (χ0n) is 10.5. The van der Waals surface area contributed by atoms with E-state index in [1.165, 1.54) is 0 Å². The van der Waals surface area contributed by atoms with Crippen LogP contribution in [0.4, 0.5) is 11.4 Å². The maximum Gasteiger partial charge on any atom is 0.189 e. The Morgan fingerprint density at radius 3 is 2.26 bits per heavy atom. The van der Waals surface area contributed by atoms with Crippen LogP contribution in [0.25, 0.3) is 0 Å². The molecule has 19 heavy (non-hydrogen) atoms. The smallest absolute Gasteiger partial charge is 0.189 e. The minimum absolute atomic E-state index is 0.502. The van der Waals surface area contributed by atoms with Crippen LogP contribution in [0.1, 0.15) is 0 Å². The highest BCUT2D eigenvalue weighted by Gasteiger charge is 1.97. The second-order valence-corrected chi connectivity index (χ2v) is 4.21. The Bertz CT molecular complexity index is 528. The highest BCUT2D eigenvalue weighted by Crippen LogP contribution is 2.14. The van der Waals surface area contributed by atoms with E-state index in [9.17, 15) is 0 Å². The molecular weight excluding hydrogens is 258 g/mol. The summed E-state index contributed by atoms with van der Waals surface area (Å²) in [4.78, 5) is 0. The third kappa shape index (κ3) is 4.15. The van der Waals surface area contributed by atoms with Gasteiger partial charge in [0.25, 0.3) is 0 Å². The van der Waals surface area contributed by atoms with Crippen LogP contribution in [0.3, 0.4) is 0 Å². The Hall–Kier alpha value is -2.27. The number of ether oxygens (including phenoxy) is 1. The summed E-state index contributed by atoms with van der Waals surface area (Å²) in [6.07, 6.45) is 0. The van der Waals surface area contributed by atoms with Gasteiger partial charge in [0, 0.05) is 5.69 Å². The Labute approximate surface area is 117 Å². The molecular formula is C14H15N3OS. The molecule has 0 unspecified atom stereocenters. The number of benzene rings is 2. The lowest BCUT2D eigenvalue weighted by molar-refractivity contribution is 0.415. The molecule has 0 aromatic heterocycles. The summed E-state index contributed by atoms with van der Waals surface area (Å²) in [6, 6.07) is 17.3. The molecule has 0 radical (unpaired) electrons. The summed E-state index contributed by atoms with van der Waals surface area (Å²) in [5.41, 5.74) is 7.76. The average molecular weight is 273 g/mol. The molecule has 0 heterocycles. The second-order valence-electron chi connectivity index (χ2n) is 3.80. The number of para-hydroxylation sites is 1. The van der Waals surface area contributed by atoms with E-state index >= 15 is 0 Å². The molecule has 2 aromatic rings. The molecule has 0 aliphatic rings.